The molecular formula is C43H27N3O. The number of benzene rings is 7. The molecule has 0 aliphatic carbocycles. The molecule has 1 aliphatic heterocycles. The smallest absolute Gasteiger partial charge is 0.164 e. The Kier molecular flexibility index (Phi) is 6.43. The van der Waals surface area contributed by atoms with Crippen LogP contribution in [0.3, 0.4) is 0 Å². The lowest BCUT2D eigenvalue weighted by atomic mass is 9.90. The normalized spacial score (nSPS) is 11.6. The maximum absolute atomic E-state index is 6.30. The summed E-state index contributed by atoms with van der Waals surface area (Å²) in [6.45, 7) is 0. The van der Waals surface area contributed by atoms with Crippen molar-refractivity contribution in [2.45, 2.75) is 0 Å². The van der Waals surface area contributed by atoms with Crippen LogP contribution in [0.4, 0.5) is 0 Å². The topological polar surface area (TPSA) is 47.9 Å². The molecule has 0 spiro atoms. The van der Waals surface area contributed by atoms with Gasteiger partial charge in [0, 0.05) is 27.6 Å². The number of hydrogen-bond donors (Lipinski definition) is 0. The first-order valence-electron chi connectivity index (χ1n) is 15.7. The van der Waals surface area contributed by atoms with Gasteiger partial charge in [0.05, 0.1) is 0 Å². The molecule has 4 heteroatoms. The summed E-state index contributed by atoms with van der Waals surface area (Å²) in [6.07, 6.45) is 0. The van der Waals surface area contributed by atoms with Gasteiger partial charge < -0.3 is 4.74 Å². The second-order valence-corrected chi connectivity index (χ2v) is 11.6. The van der Waals surface area contributed by atoms with Gasteiger partial charge in [-0.25, -0.2) is 15.0 Å². The van der Waals surface area contributed by atoms with Crippen molar-refractivity contribution < 1.29 is 4.74 Å². The molecule has 9 rings (SSSR count). The zero-order valence-corrected chi connectivity index (χ0v) is 25.3. The number of nitrogens with zero attached hydrogens (tertiary/aromatic N) is 3. The van der Waals surface area contributed by atoms with Crippen LogP contribution in [0.5, 0.6) is 11.5 Å². The Morgan fingerprint density at radius 1 is 0.298 bits per heavy atom. The monoisotopic (exact) mass is 601 g/mol. The lowest BCUT2D eigenvalue weighted by Crippen LogP contribution is -2.00. The third-order valence-corrected chi connectivity index (χ3v) is 8.77. The third kappa shape index (κ3) is 4.84. The van der Waals surface area contributed by atoms with Gasteiger partial charge in [-0.3, -0.25) is 0 Å². The molecule has 4 nitrogen and oxygen atoms in total. The fourth-order valence-corrected chi connectivity index (χ4v) is 6.42. The highest BCUT2D eigenvalue weighted by Gasteiger charge is 2.21. The summed E-state index contributed by atoms with van der Waals surface area (Å²) in [5.74, 6) is 3.76. The average Bonchev–Trinajstić information content (AvgIpc) is 3.16. The minimum absolute atomic E-state index is 0.647. The molecule has 0 amide bonds. The Hall–Kier alpha value is -6.39. The summed E-state index contributed by atoms with van der Waals surface area (Å²) < 4.78 is 6.30. The minimum Gasteiger partial charge on any atom is -0.456 e. The van der Waals surface area contributed by atoms with E-state index in [1.165, 1.54) is 22.1 Å². The van der Waals surface area contributed by atoms with E-state index in [4.69, 9.17) is 19.7 Å². The number of hydrogen-bond acceptors (Lipinski definition) is 4. The van der Waals surface area contributed by atoms with Crippen molar-refractivity contribution in [3.8, 4) is 79.0 Å². The predicted molar refractivity (Wildman–Crippen MR) is 190 cm³/mol. The maximum Gasteiger partial charge on any atom is 0.164 e. The second-order valence-electron chi connectivity index (χ2n) is 11.6. The quantitative estimate of drug-likeness (QED) is 0.197. The molecule has 2 heterocycles. The Labute approximate surface area is 272 Å². The first-order valence-corrected chi connectivity index (χ1v) is 15.7. The number of aromatic nitrogens is 3. The summed E-state index contributed by atoms with van der Waals surface area (Å²) in [4.78, 5) is 14.6. The van der Waals surface area contributed by atoms with Crippen molar-refractivity contribution in [3.05, 3.63) is 164 Å². The van der Waals surface area contributed by atoms with Crippen LogP contribution in [0.15, 0.2) is 164 Å². The molecule has 8 aromatic rings. The highest BCUT2D eigenvalue weighted by atomic mass is 16.5. The SMILES string of the molecule is c1ccc(-c2nc(-c3ccccc3)nc(-c3ccc(-c4ccc(-c5ccc6c7c(cccc57)-c5ccccc5O6)cc4)cc3)n2)cc1. The molecule has 220 valence electrons. The lowest BCUT2D eigenvalue weighted by Gasteiger charge is -2.22. The van der Waals surface area contributed by atoms with Crippen molar-refractivity contribution in [2.75, 3.05) is 0 Å². The van der Waals surface area contributed by atoms with Crippen LogP contribution in [-0.2, 0) is 0 Å². The molecule has 7 aromatic carbocycles. The average molecular weight is 602 g/mol. The van der Waals surface area contributed by atoms with E-state index in [0.29, 0.717) is 17.5 Å². The van der Waals surface area contributed by atoms with Gasteiger partial charge in [-0.2, -0.15) is 0 Å². The zero-order valence-electron chi connectivity index (χ0n) is 25.3. The Morgan fingerprint density at radius 2 is 0.787 bits per heavy atom. The molecule has 47 heavy (non-hydrogen) atoms. The van der Waals surface area contributed by atoms with Gasteiger partial charge in [-0.1, -0.05) is 152 Å². The molecule has 0 N–H and O–H groups in total. The molecule has 0 atom stereocenters. The van der Waals surface area contributed by atoms with E-state index in [2.05, 4.69) is 91.0 Å². The van der Waals surface area contributed by atoms with Crippen LogP contribution >= 0.6 is 0 Å². The molecule has 0 unspecified atom stereocenters. The van der Waals surface area contributed by atoms with E-state index in [0.717, 1.165) is 50.3 Å². The summed E-state index contributed by atoms with van der Waals surface area (Å²) in [5.41, 5.74) is 9.82. The molecule has 0 radical (unpaired) electrons. The number of fused-ring (bicyclic) bond motifs is 2. The van der Waals surface area contributed by atoms with Crippen LogP contribution in [0.25, 0.3) is 78.3 Å². The number of rotatable bonds is 5. The van der Waals surface area contributed by atoms with E-state index in [9.17, 15) is 0 Å². The van der Waals surface area contributed by atoms with E-state index in [-0.39, 0.29) is 0 Å². The molecule has 1 aromatic heterocycles. The van der Waals surface area contributed by atoms with Crippen molar-refractivity contribution in [1.82, 2.24) is 15.0 Å². The fourth-order valence-electron chi connectivity index (χ4n) is 6.42. The Bertz CT molecular complexity index is 2350. The summed E-state index contributed by atoms with van der Waals surface area (Å²) in [6, 6.07) is 56.4. The van der Waals surface area contributed by atoms with Gasteiger partial charge in [0.2, 0.25) is 0 Å². The largest absolute Gasteiger partial charge is 0.456 e. The van der Waals surface area contributed by atoms with Gasteiger partial charge in [0.1, 0.15) is 11.5 Å². The van der Waals surface area contributed by atoms with Crippen LogP contribution in [0.2, 0.25) is 0 Å². The van der Waals surface area contributed by atoms with E-state index < -0.39 is 0 Å². The van der Waals surface area contributed by atoms with Crippen LogP contribution < -0.4 is 4.74 Å². The third-order valence-electron chi connectivity index (χ3n) is 8.77. The van der Waals surface area contributed by atoms with E-state index >= 15 is 0 Å². The number of para-hydroxylation sites is 1. The van der Waals surface area contributed by atoms with Crippen molar-refractivity contribution in [1.29, 1.82) is 0 Å². The summed E-state index contributed by atoms with van der Waals surface area (Å²) in [5, 5.41) is 2.35. The zero-order chi connectivity index (χ0) is 31.2. The minimum atomic E-state index is 0.647. The molecule has 0 saturated heterocycles. The fraction of sp³-hybridized carbons (Fsp3) is 0. The van der Waals surface area contributed by atoms with Gasteiger partial charge >= 0.3 is 0 Å². The van der Waals surface area contributed by atoms with Gasteiger partial charge in [0.25, 0.3) is 0 Å². The van der Waals surface area contributed by atoms with Gasteiger partial charge in [0.15, 0.2) is 17.5 Å². The summed E-state index contributed by atoms with van der Waals surface area (Å²) >= 11 is 0. The van der Waals surface area contributed by atoms with Crippen molar-refractivity contribution >= 4 is 10.8 Å². The first-order chi connectivity index (χ1) is 23.3. The molecule has 0 fully saturated rings. The maximum atomic E-state index is 6.30. The van der Waals surface area contributed by atoms with E-state index in [1.807, 2.05) is 72.8 Å². The van der Waals surface area contributed by atoms with Crippen molar-refractivity contribution in [3.63, 3.8) is 0 Å². The molecular weight excluding hydrogens is 574 g/mol. The standard InChI is InChI=1S/C43H27N3O/c1-3-10-31(11-4-1)41-44-42(32-12-5-2-6-13-32)46-43(45-41)33-24-20-29(21-25-33)28-18-22-30(23-19-28)34-26-27-39-40-36(34)15-9-16-37(40)35-14-7-8-17-38(35)47-39/h1-27H. The Balaban J connectivity index is 1.04. The Morgan fingerprint density at radius 3 is 1.40 bits per heavy atom. The lowest BCUT2D eigenvalue weighted by molar-refractivity contribution is 0.487. The predicted octanol–water partition coefficient (Wildman–Crippen LogP) is 11.1. The van der Waals surface area contributed by atoms with Crippen molar-refractivity contribution in [2.24, 2.45) is 0 Å². The highest BCUT2D eigenvalue weighted by Crippen LogP contribution is 2.48. The van der Waals surface area contributed by atoms with Gasteiger partial charge in [-0.15, -0.1) is 0 Å². The molecule has 0 bridgehead atoms. The van der Waals surface area contributed by atoms with Crippen LogP contribution in [-0.4, -0.2) is 15.0 Å². The first kappa shape index (κ1) is 27.0. The van der Waals surface area contributed by atoms with E-state index in [1.54, 1.807) is 0 Å². The highest BCUT2D eigenvalue weighted by molar-refractivity contribution is 6.09. The molecule has 1 aliphatic rings. The second kappa shape index (κ2) is 11.2. The van der Waals surface area contributed by atoms with Crippen LogP contribution in [0, 0.1) is 0 Å². The molecule has 0 saturated carbocycles. The van der Waals surface area contributed by atoms with Crippen LogP contribution in [0.1, 0.15) is 0 Å². The summed E-state index contributed by atoms with van der Waals surface area (Å²) in [7, 11) is 0. The number of ether oxygens (including phenoxy) is 1. The van der Waals surface area contributed by atoms with Gasteiger partial charge in [-0.05, 0) is 45.3 Å².